The predicted molar refractivity (Wildman–Crippen MR) is 75.8 cm³/mol. The summed E-state index contributed by atoms with van der Waals surface area (Å²) in [6.07, 6.45) is 2.79. The Labute approximate surface area is 108 Å². The van der Waals surface area contributed by atoms with E-state index < -0.39 is 0 Å². The smallest absolute Gasteiger partial charge is 0.107 e. The van der Waals surface area contributed by atoms with E-state index in [1.165, 1.54) is 22.3 Å². The number of hydrogen-bond acceptors (Lipinski definition) is 2. The Morgan fingerprint density at radius 1 is 1.12 bits per heavy atom. The summed E-state index contributed by atoms with van der Waals surface area (Å²) in [6.45, 7) is 6.43. The minimum absolute atomic E-state index is 0.818. The fraction of sp³-hybridized carbons (Fsp3) is 0.357. The van der Waals surface area contributed by atoms with E-state index in [1.54, 1.807) is 0 Å². The van der Waals surface area contributed by atoms with Gasteiger partial charge in [0.25, 0.3) is 0 Å². The van der Waals surface area contributed by atoms with Gasteiger partial charge in [-0.05, 0) is 49.3 Å². The zero-order valence-corrected chi connectivity index (χ0v) is 11.4. The zero-order valence-electron chi connectivity index (χ0n) is 10.5. The number of hydrogen-bond donors (Lipinski definition) is 2. The third-order valence-corrected chi connectivity index (χ3v) is 3.33. The van der Waals surface area contributed by atoms with Crippen LogP contribution in [0.2, 0.25) is 0 Å². The quantitative estimate of drug-likeness (QED) is 0.798. The van der Waals surface area contributed by atoms with Crippen molar-refractivity contribution in [2.75, 3.05) is 5.75 Å². The maximum Gasteiger partial charge on any atom is 0.107 e. The van der Waals surface area contributed by atoms with Gasteiger partial charge in [-0.15, -0.1) is 0 Å². The van der Waals surface area contributed by atoms with Gasteiger partial charge in [-0.3, -0.25) is 0 Å². The second-order valence-electron chi connectivity index (χ2n) is 4.47. The lowest BCUT2D eigenvalue weighted by atomic mass is 9.99. The maximum absolute atomic E-state index is 4.37. The number of nitrogens with one attached hydrogen (secondary N) is 1. The normalized spacial score (nSPS) is 10.8. The molecule has 0 spiro atoms. The maximum atomic E-state index is 4.37. The molecule has 0 saturated carbocycles. The molecule has 3 heteroatoms. The minimum Gasteiger partial charge on any atom is -0.342 e. The Kier molecular flexibility index (Phi) is 3.57. The van der Waals surface area contributed by atoms with Crippen molar-refractivity contribution in [2.24, 2.45) is 0 Å². The molecule has 0 unspecified atom stereocenters. The number of aromatic amines is 1. The Bertz CT molecular complexity index is 529. The highest BCUT2D eigenvalue weighted by atomic mass is 32.1. The Balaban J connectivity index is 2.41. The fourth-order valence-electron chi connectivity index (χ4n) is 1.98. The summed E-state index contributed by atoms with van der Waals surface area (Å²) in [7, 11) is 0. The SMILES string of the molecule is Cc1cc(C)c(-c2cnc(CCS)[nH]2)cc1C. The second-order valence-corrected chi connectivity index (χ2v) is 4.92. The molecule has 1 heterocycles. The van der Waals surface area contributed by atoms with E-state index >= 15 is 0 Å². The van der Waals surface area contributed by atoms with E-state index in [2.05, 4.69) is 55.5 Å². The summed E-state index contributed by atoms with van der Waals surface area (Å²) in [5.41, 5.74) is 6.28. The van der Waals surface area contributed by atoms with Crippen LogP contribution >= 0.6 is 12.6 Å². The van der Waals surface area contributed by atoms with Crippen LogP contribution in [0.3, 0.4) is 0 Å². The molecule has 0 aliphatic carbocycles. The summed E-state index contributed by atoms with van der Waals surface area (Å²) < 4.78 is 0. The van der Waals surface area contributed by atoms with Crippen molar-refractivity contribution < 1.29 is 0 Å². The van der Waals surface area contributed by atoms with Crippen LogP contribution in [0, 0.1) is 20.8 Å². The second kappa shape index (κ2) is 4.96. The van der Waals surface area contributed by atoms with E-state index in [9.17, 15) is 0 Å². The van der Waals surface area contributed by atoms with Crippen LogP contribution in [0.4, 0.5) is 0 Å². The van der Waals surface area contributed by atoms with Gasteiger partial charge in [0, 0.05) is 12.0 Å². The van der Waals surface area contributed by atoms with E-state index in [1.807, 2.05) is 6.20 Å². The average Bonchev–Trinajstić information content (AvgIpc) is 2.72. The molecule has 0 amide bonds. The number of thiol groups is 1. The topological polar surface area (TPSA) is 28.7 Å². The molecule has 2 rings (SSSR count). The number of H-pyrrole nitrogens is 1. The molecule has 17 heavy (non-hydrogen) atoms. The molecule has 0 aliphatic rings. The molecule has 0 saturated heterocycles. The molecule has 0 bridgehead atoms. The van der Waals surface area contributed by atoms with Crippen LogP contribution < -0.4 is 0 Å². The van der Waals surface area contributed by atoms with Gasteiger partial charge in [0.15, 0.2) is 0 Å². The van der Waals surface area contributed by atoms with Crippen LogP contribution in [-0.4, -0.2) is 15.7 Å². The highest BCUT2D eigenvalue weighted by molar-refractivity contribution is 7.80. The van der Waals surface area contributed by atoms with Crippen molar-refractivity contribution in [1.82, 2.24) is 9.97 Å². The first-order valence-electron chi connectivity index (χ1n) is 5.84. The Morgan fingerprint density at radius 2 is 1.82 bits per heavy atom. The van der Waals surface area contributed by atoms with Gasteiger partial charge >= 0.3 is 0 Å². The molecule has 0 aliphatic heterocycles. The van der Waals surface area contributed by atoms with E-state index in [0.29, 0.717) is 0 Å². The van der Waals surface area contributed by atoms with Gasteiger partial charge < -0.3 is 4.98 Å². The molecule has 0 atom stereocenters. The van der Waals surface area contributed by atoms with Gasteiger partial charge in [0.05, 0.1) is 11.9 Å². The largest absolute Gasteiger partial charge is 0.342 e. The summed E-state index contributed by atoms with van der Waals surface area (Å²) in [6, 6.07) is 4.45. The lowest BCUT2D eigenvalue weighted by molar-refractivity contribution is 1.00. The highest BCUT2D eigenvalue weighted by Gasteiger charge is 2.07. The van der Waals surface area contributed by atoms with E-state index in [-0.39, 0.29) is 0 Å². The summed E-state index contributed by atoms with van der Waals surface area (Å²) >= 11 is 4.22. The number of aromatic nitrogens is 2. The average molecular weight is 246 g/mol. The minimum atomic E-state index is 0.818. The van der Waals surface area contributed by atoms with Gasteiger partial charge in [0.1, 0.15) is 5.82 Å². The lowest BCUT2D eigenvalue weighted by Crippen LogP contribution is -1.91. The number of aryl methyl sites for hydroxylation is 4. The molecule has 2 aromatic rings. The first-order chi connectivity index (χ1) is 8.11. The van der Waals surface area contributed by atoms with Crippen LogP contribution in [0.25, 0.3) is 11.3 Å². The molecule has 1 aromatic heterocycles. The van der Waals surface area contributed by atoms with Gasteiger partial charge in [-0.1, -0.05) is 6.07 Å². The molecule has 1 aromatic carbocycles. The summed E-state index contributed by atoms with van der Waals surface area (Å²) in [4.78, 5) is 7.73. The summed E-state index contributed by atoms with van der Waals surface area (Å²) in [5.74, 6) is 1.83. The molecular weight excluding hydrogens is 228 g/mol. The Hall–Kier alpha value is -1.22. The van der Waals surface area contributed by atoms with Crippen molar-refractivity contribution in [3.63, 3.8) is 0 Å². The molecule has 1 N–H and O–H groups in total. The molecule has 90 valence electrons. The molecular formula is C14H18N2S. The fourth-order valence-corrected chi connectivity index (χ4v) is 2.19. The van der Waals surface area contributed by atoms with Crippen molar-refractivity contribution in [3.05, 3.63) is 40.8 Å². The van der Waals surface area contributed by atoms with Crippen molar-refractivity contribution >= 4 is 12.6 Å². The van der Waals surface area contributed by atoms with Crippen LogP contribution in [-0.2, 0) is 6.42 Å². The van der Waals surface area contributed by atoms with Crippen LogP contribution in [0.1, 0.15) is 22.5 Å². The van der Waals surface area contributed by atoms with Gasteiger partial charge in [0.2, 0.25) is 0 Å². The standard InChI is InChI=1S/C14H18N2S/c1-9-6-11(3)12(7-10(9)2)13-8-15-14(16-13)4-5-17/h6-8,17H,4-5H2,1-3H3,(H,15,16). The molecule has 0 radical (unpaired) electrons. The summed E-state index contributed by atoms with van der Waals surface area (Å²) in [5, 5.41) is 0. The third-order valence-electron chi connectivity index (χ3n) is 3.11. The number of rotatable bonds is 3. The van der Waals surface area contributed by atoms with Crippen LogP contribution in [0.5, 0.6) is 0 Å². The van der Waals surface area contributed by atoms with Gasteiger partial charge in [-0.2, -0.15) is 12.6 Å². The molecule has 2 nitrogen and oxygen atoms in total. The van der Waals surface area contributed by atoms with E-state index in [0.717, 1.165) is 23.7 Å². The van der Waals surface area contributed by atoms with Crippen LogP contribution in [0.15, 0.2) is 18.3 Å². The lowest BCUT2D eigenvalue weighted by Gasteiger charge is -2.07. The highest BCUT2D eigenvalue weighted by Crippen LogP contribution is 2.25. The first kappa shape index (κ1) is 12.2. The predicted octanol–water partition coefficient (Wildman–Crippen LogP) is 3.47. The van der Waals surface area contributed by atoms with Crippen molar-refractivity contribution in [1.29, 1.82) is 0 Å². The van der Waals surface area contributed by atoms with Crippen molar-refractivity contribution in [3.8, 4) is 11.3 Å². The number of nitrogens with zero attached hydrogens (tertiary/aromatic N) is 1. The van der Waals surface area contributed by atoms with Gasteiger partial charge in [-0.25, -0.2) is 4.98 Å². The first-order valence-corrected chi connectivity index (χ1v) is 6.48. The monoisotopic (exact) mass is 246 g/mol. The Morgan fingerprint density at radius 3 is 2.53 bits per heavy atom. The zero-order chi connectivity index (χ0) is 12.4. The van der Waals surface area contributed by atoms with E-state index in [4.69, 9.17) is 0 Å². The number of imidazole rings is 1. The molecule has 0 fully saturated rings. The third kappa shape index (κ3) is 2.55. The number of benzene rings is 1. The van der Waals surface area contributed by atoms with Crippen molar-refractivity contribution in [2.45, 2.75) is 27.2 Å².